The lowest BCUT2D eigenvalue weighted by molar-refractivity contribution is -0.128. The molecule has 0 aliphatic heterocycles. The van der Waals surface area contributed by atoms with Crippen molar-refractivity contribution >= 4 is 17.5 Å². The van der Waals surface area contributed by atoms with Gasteiger partial charge in [0.2, 0.25) is 5.91 Å². The van der Waals surface area contributed by atoms with Gasteiger partial charge in [0.15, 0.2) is 0 Å². The third-order valence-electron chi connectivity index (χ3n) is 2.27. The highest BCUT2D eigenvalue weighted by atomic mass is 35.5. The first-order valence-electron chi connectivity index (χ1n) is 5.39. The van der Waals surface area contributed by atoms with Crippen LogP contribution in [0.1, 0.15) is 26.7 Å². The van der Waals surface area contributed by atoms with Crippen LogP contribution in [0.15, 0.2) is 0 Å². The SMILES string of the molecule is CN(C)CCCCNC(=O)C(C)(C)CCl. The zero-order chi connectivity index (χ0) is 11.9. The Labute approximate surface area is 98.2 Å². The molecule has 0 rings (SSSR count). The van der Waals surface area contributed by atoms with Gasteiger partial charge in [-0.15, -0.1) is 11.6 Å². The van der Waals surface area contributed by atoms with E-state index in [1.807, 2.05) is 13.8 Å². The van der Waals surface area contributed by atoms with Crippen LogP contribution in [-0.4, -0.2) is 43.9 Å². The fraction of sp³-hybridized carbons (Fsp3) is 0.909. The van der Waals surface area contributed by atoms with Gasteiger partial charge in [0.1, 0.15) is 0 Å². The first kappa shape index (κ1) is 14.7. The first-order chi connectivity index (χ1) is 6.90. The molecule has 0 spiro atoms. The fourth-order valence-electron chi connectivity index (χ4n) is 1.05. The van der Waals surface area contributed by atoms with Crippen molar-refractivity contribution in [1.82, 2.24) is 10.2 Å². The fourth-order valence-corrected chi connectivity index (χ4v) is 1.18. The van der Waals surface area contributed by atoms with Gasteiger partial charge in [-0.3, -0.25) is 4.79 Å². The maximum absolute atomic E-state index is 11.6. The van der Waals surface area contributed by atoms with Crippen LogP contribution in [0.4, 0.5) is 0 Å². The lowest BCUT2D eigenvalue weighted by Crippen LogP contribution is -2.38. The van der Waals surface area contributed by atoms with Crippen LogP contribution in [-0.2, 0) is 4.79 Å². The molecule has 0 aromatic carbocycles. The van der Waals surface area contributed by atoms with E-state index in [1.54, 1.807) is 0 Å². The maximum Gasteiger partial charge on any atom is 0.226 e. The number of nitrogens with zero attached hydrogens (tertiary/aromatic N) is 1. The Bertz CT molecular complexity index is 193. The summed E-state index contributed by atoms with van der Waals surface area (Å²) in [6.45, 7) is 5.52. The molecule has 1 amide bonds. The smallest absolute Gasteiger partial charge is 0.226 e. The Hall–Kier alpha value is -0.280. The van der Waals surface area contributed by atoms with Crippen LogP contribution in [0, 0.1) is 5.41 Å². The summed E-state index contributed by atoms with van der Waals surface area (Å²) in [4.78, 5) is 13.7. The highest BCUT2D eigenvalue weighted by molar-refractivity contribution is 6.19. The van der Waals surface area contributed by atoms with Crippen LogP contribution in [0.3, 0.4) is 0 Å². The monoisotopic (exact) mass is 234 g/mol. The molecule has 0 aromatic heterocycles. The number of hydrogen-bond donors (Lipinski definition) is 1. The van der Waals surface area contributed by atoms with Gasteiger partial charge < -0.3 is 10.2 Å². The van der Waals surface area contributed by atoms with Crippen LogP contribution in [0.5, 0.6) is 0 Å². The number of carbonyl (C=O) groups is 1. The number of unbranched alkanes of at least 4 members (excludes halogenated alkanes) is 1. The Morgan fingerprint density at radius 3 is 2.40 bits per heavy atom. The number of halogens is 1. The zero-order valence-corrected chi connectivity index (χ0v) is 11.0. The normalized spacial score (nSPS) is 11.9. The van der Waals surface area contributed by atoms with Gasteiger partial charge in [0, 0.05) is 12.4 Å². The van der Waals surface area contributed by atoms with E-state index >= 15 is 0 Å². The molecule has 0 aromatic rings. The molecule has 0 unspecified atom stereocenters. The molecule has 1 N–H and O–H groups in total. The molecule has 0 saturated carbocycles. The predicted octanol–water partition coefficient (Wildman–Crippen LogP) is 1.71. The van der Waals surface area contributed by atoms with E-state index < -0.39 is 5.41 Å². The highest BCUT2D eigenvalue weighted by Crippen LogP contribution is 2.16. The summed E-state index contributed by atoms with van der Waals surface area (Å²) in [7, 11) is 4.10. The molecule has 0 atom stereocenters. The van der Waals surface area contributed by atoms with Crippen molar-refractivity contribution in [2.24, 2.45) is 5.41 Å². The van der Waals surface area contributed by atoms with E-state index in [2.05, 4.69) is 24.3 Å². The molecule has 0 aliphatic carbocycles. The second-order valence-corrected chi connectivity index (χ2v) is 5.05. The van der Waals surface area contributed by atoms with E-state index in [1.165, 1.54) is 0 Å². The molecule has 0 radical (unpaired) electrons. The van der Waals surface area contributed by atoms with Crippen molar-refractivity contribution in [2.45, 2.75) is 26.7 Å². The molecular formula is C11H23ClN2O. The summed E-state index contributed by atoms with van der Waals surface area (Å²) in [5.74, 6) is 0.402. The average molecular weight is 235 g/mol. The molecule has 0 bridgehead atoms. The van der Waals surface area contributed by atoms with Crippen LogP contribution in [0.2, 0.25) is 0 Å². The van der Waals surface area contributed by atoms with E-state index in [0.29, 0.717) is 5.88 Å². The molecule has 0 aliphatic rings. The molecule has 0 heterocycles. The molecule has 15 heavy (non-hydrogen) atoms. The van der Waals surface area contributed by atoms with E-state index in [4.69, 9.17) is 11.6 Å². The standard InChI is InChI=1S/C11H23ClN2O/c1-11(2,9-12)10(15)13-7-5-6-8-14(3)4/h5-9H2,1-4H3,(H,13,15). The van der Waals surface area contributed by atoms with Crippen LogP contribution < -0.4 is 5.32 Å². The van der Waals surface area contributed by atoms with E-state index in [-0.39, 0.29) is 5.91 Å². The van der Waals surface area contributed by atoms with Gasteiger partial charge in [-0.2, -0.15) is 0 Å². The summed E-state index contributed by atoms with van der Waals surface area (Å²) in [5, 5.41) is 2.91. The zero-order valence-electron chi connectivity index (χ0n) is 10.3. The Kier molecular flexibility index (Phi) is 6.94. The van der Waals surface area contributed by atoms with Gasteiger partial charge in [0.25, 0.3) is 0 Å². The first-order valence-corrected chi connectivity index (χ1v) is 5.92. The van der Waals surface area contributed by atoms with Crippen molar-refractivity contribution < 1.29 is 4.79 Å². The molecule has 90 valence electrons. The number of amides is 1. The Balaban J connectivity index is 3.56. The Morgan fingerprint density at radius 1 is 1.33 bits per heavy atom. The highest BCUT2D eigenvalue weighted by Gasteiger charge is 2.25. The lowest BCUT2D eigenvalue weighted by Gasteiger charge is -2.20. The minimum Gasteiger partial charge on any atom is -0.356 e. The van der Waals surface area contributed by atoms with E-state index in [9.17, 15) is 4.79 Å². The van der Waals surface area contributed by atoms with Crippen molar-refractivity contribution in [3.05, 3.63) is 0 Å². The topological polar surface area (TPSA) is 32.3 Å². The second-order valence-electron chi connectivity index (χ2n) is 4.78. The van der Waals surface area contributed by atoms with Crippen molar-refractivity contribution in [3.8, 4) is 0 Å². The number of rotatable bonds is 7. The molecule has 4 heteroatoms. The van der Waals surface area contributed by atoms with Crippen molar-refractivity contribution in [2.75, 3.05) is 33.1 Å². The minimum absolute atomic E-state index is 0.0438. The lowest BCUT2D eigenvalue weighted by atomic mass is 9.95. The summed E-state index contributed by atoms with van der Waals surface area (Å²) in [6, 6.07) is 0. The molecular weight excluding hydrogens is 212 g/mol. The van der Waals surface area contributed by atoms with Gasteiger partial charge in [-0.1, -0.05) is 0 Å². The number of alkyl halides is 1. The van der Waals surface area contributed by atoms with Crippen LogP contribution >= 0.6 is 11.6 Å². The minimum atomic E-state index is -0.455. The number of nitrogens with one attached hydrogen (secondary N) is 1. The van der Waals surface area contributed by atoms with E-state index in [0.717, 1.165) is 25.9 Å². The van der Waals surface area contributed by atoms with Crippen molar-refractivity contribution in [3.63, 3.8) is 0 Å². The van der Waals surface area contributed by atoms with Gasteiger partial charge >= 0.3 is 0 Å². The molecule has 0 fully saturated rings. The second kappa shape index (κ2) is 7.07. The van der Waals surface area contributed by atoms with Crippen LogP contribution in [0.25, 0.3) is 0 Å². The maximum atomic E-state index is 11.6. The van der Waals surface area contributed by atoms with Gasteiger partial charge in [0.05, 0.1) is 5.41 Å². The molecule has 3 nitrogen and oxygen atoms in total. The van der Waals surface area contributed by atoms with Gasteiger partial charge in [-0.05, 0) is 47.3 Å². The summed E-state index contributed by atoms with van der Waals surface area (Å²) in [5.41, 5.74) is -0.455. The summed E-state index contributed by atoms with van der Waals surface area (Å²) < 4.78 is 0. The average Bonchev–Trinajstić information content (AvgIpc) is 2.16. The predicted molar refractivity (Wildman–Crippen MR) is 65.3 cm³/mol. The molecule has 0 saturated heterocycles. The third-order valence-corrected chi connectivity index (χ3v) is 2.93. The van der Waals surface area contributed by atoms with Crippen molar-refractivity contribution in [1.29, 1.82) is 0 Å². The number of hydrogen-bond acceptors (Lipinski definition) is 2. The largest absolute Gasteiger partial charge is 0.356 e. The number of carbonyl (C=O) groups excluding carboxylic acids is 1. The van der Waals surface area contributed by atoms with Gasteiger partial charge in [-0.25, -0.2) is 0 Å². The Morgan fingerprint density at radius 2 is 1.93 bits per heavy atom. The quantitative estimate of drug-likeness (QED) is 0.537. The summed E-state index contributed by atoms with van der Waals surface area (Å²) >= 11 is 5.70. The summed E-state index contributed by atoms with van der Waals surface area (Å²) in [6.07, 6.45) is 2.12. The third kappa shape index (κ3) is 6.74.